The number of rotatable bonds is 9. The maximum Gasteiger partial charge on any atom is 0.0543 e. The molecule has 14 rings (SSSR count). The predicted molar refractivity (Wildman–Crippen MR) is 322 cm³/mol. The van der Waals surface area contributed by atoms with E-state index in [1.165, 1.54) is 99.7 Å². The summed E-state index contributed by atoms with van der Waals surface area (Å²) >= 11 is 0. The summed E-state index contributed by atoms with van der Waals surface area (Å²) in [6, 6.07) is 98.7. The van der Waals surface area contributed by atoms with Gasteiger partial charge in [0.1, 0.15) is 0 Å². The van der Waals surface area contributed by atoms with Crippen LogP contribution in [0.25, 0.3) is 77.2 Å². The lowest BCUT2D eigenvalue weighted by Crippen LogP contribution is -2.17. The lowest BCUT2D eigenvalue weighted by atomic mass is 9.81. The average molecular weight is 973 g/mol. The van der Waals surface area contributed by atoms with Crippen molar-refractivity contribution in [2.45, 2.75) is 38.5 Å². The maximum absolute atomic E-state index is 2.47. The van der Waals surface area contributed by atoms with Gasteiger partial charge in [0, 0.05) is 44.4 Å². The standard InChI is InChI=1S/C74H56N2/c1-73(2)65-29-17-15-27-63(65)71-61-25-13-11-23-59(61)69(47-67(71)73)75(55-39-31-51(32-40-55)49-19-7-5-8-20-49)57-43-35-53(36-44-57)54-37-45-58(46-38-54)76(56-41-33-52(34-42-56)50-21-9-6-10-22-50)70-48-68-72(62-26-14-12-24-60(62)70)64-28-16-18-30-66(64)74(68,3)4/h5-48H,1-4H3. The lowest BCUT2D eigenvalue weighted by Gasteiger charge is -2.30. The third kappa shape index (κ3) is 7.23. The summed E-state index contributed by atoms with van der Waals surface area (Å²) in [5.41, 5.74) is 24.4. The van der Waals surface area contributed by atoms with Crippen molar-refractivity contribution in [3.05, 3.63) is 289 Å². The molecular weight excluding hydrogens is 917 g/mol. The molecule has 12 aromatic rings. The van der Waals surface area contributed by atoms with E-state index in [2.05, 4.69) is 304 Å². The van der Waals surface area contributed by atoms with E-state index in [-0.39, 0.29) is 10.8 Å². The number of hydrogen-bond acceptors (Lipinski definition) is 2. The number of anilines is 6. The molecule has 0 aromatic heterocycles. The molecule has 2 aliphatic carbocycles. The van der Waals surface area contributed by atoms with Crippen LogP contribution in [0.5, 0.6) is 0 Å². The zero-order valence-electron chi connectivity index (χ0n) is 43.3. The Morgan fingerprint density at radius 2 is 0.500 bits per heavy atom. The van der Waals surface area contributed by atoms with Crippen LogP contribution in [0.3, 0.4) is 0 Å². The third-order valence-electron chi connectivity index (χ3n) is 16.7. The number of benzene rings is 12. The Kier molecular flexibility index (Phi) is 10.6. The highest BCUT2D eigenvalue weighted by Crippen LogP contribution is 2.56. The molecule has 0 bridgehead atoms. The summed E-state index contributed by atoms with van der Waals surface area (Å²) < 4.78 is 0. The van der Waals surface area contributed by atoms with Crippen LogP contribution in [0, 0.1) is 0 Å². The molecule has 0 aliphatic heterocycles. The van der Waals surface area contributed by atoms with Crippen molar-refractivity contribution in [1.82, 2.24) is 0 Å². The highest BCUT2D eigenvalue weighted by Gasteiger charge is 2.39. The Morgan fingerprint density at radius 3 is 0.829 bits per heavy atom. The number of fused-ring (bicyclic) bond motifs is 10. The summed E-state index contributed by atoms with van der Waals surface area (Å²) in [7, 11) is 0. The molecule has 0 atom stereocenters. The van der Waals surface area contributed by atoms with E-state index in [4.69, 9.17) is 0 Å². The summed E-state index contributed by atoms with van der Waals surface area (Å²) in [4.78, 5) is 4.93. The van der Waals surface area contributed by atoms with Gasteiger partial charge in [0.2, 0.25) is 0 Å². The minimum absolute atomic E-state index is 0.166. The molecule has 0 N–H and O–H groups in total. The van der Waals surface area contributed by atoms with Gasteiger partial charge in [-0.25, -0.2) is 0 Å². The smallest absolute Gasteiger partial charge is 0.0543 e. The fourth-order valence-electron chi connectivity index (χ4n) is 12.8. The minimum atomic E-state index is -0.166. The Morgan fingerprint density at radius 1 is 0.237 bits per heavy atom. The minimum Gasteiger partial charge on any atom is -0.310 e. The molecular formula is C74H56N2. The van der Waals surface area contributed by atoms with Gasteiger partial charge in [-0.2, -0.15) is 0 Å². The fraction of sp³-hybridized carbons (Fsp3) is 0.0811. The van der Waals surface area contributed by atoms with E-state index >= 15 is 0 Å². The molecule has 362 valence electrons. The van der Waals surface area contributed by atoms with Crippen molar-refractivity contribution in [1.29, 1.82) is 0 Å². The highest BCUT2D eigenvalue weighted by molar-refractivity contribution is 6.11. The molecule has 12 aromatic carbocycles. The third-order valence-corrected chi connectivity index (χ3v) is 16.7. The van der Waals surface area contributed by atoms with E-state index < -0.39 is 0 Å². The van der Waals surface area contributed by atoms with Crippen LogP contribution in [0.1, 0.15) is 49.9 Å². The van der Waals surface area contributed by atoms with Crippen LogP contribution in [-0.4, -0.2) is 0 Å². The van der Waals surface area contributed by atoms with Crippen LogP contribution >= 0.6 is 0 Å². The molecule has 0 saturated carbocycles. The molecule has 0 amide bonds. The van der Waals surface area contributed by atoms with E-state index in [9.17, 15) is 0 Å². The largest absolute Gasteiger partial charge is 0.310 e. The van der Waals surface area contributed by atoms with Crippen molar-refractivity contribution in [3.63, 3.8) is 0 Å². The number of hydrogen-bond donors (Lipinski definition) is 0. The molecule has 2 heteroatoms. The molecule has 0 radical (unpaired) electrons. The molecule has 76 heavy (non-hydrogen) atoms. The monoisotopic (exact) mass is 972 g/mol. The summed E-state index contributed by atoms with van der Waals surface area (Å²) in [6.45, 7) is 9.52. The molecule has 0 spiro atoms. The first-order valence-electron chi connectivity index (χ1n) is 26.7. The lowest BCUT2D eigenvalue weighted by molar-refractivity contribution is 0.661. The molecule has 0 saturated heterocycles. The molecule has 2 nitrogen and oxygen atoms in total. The van der Waals surface area contributed by atoms with Crippen LogP contribution in [0.4, 0.5) is 34.1 Å². The Balaban J connectivity index is 0.877. The van der Waals surface area contributed by atoms with Gasteiger partial charge in [-0.05, 0) is 149 Å². The van der Waals surface area contributed by atoms with Gasteiger partial charge in [0.15, 0.2) is 0 Å². The Hall–Kier alpha value is -9.24. The highest BCUT2D eigenvalue weighted by atomic mass is 15.1. The van der Waals surface area contributed by atoms with E-state index in [0.717, 1.165) is 33.9 Å². The van der Waals surface area contributed by atoms with Crippen molar-refractivity contribution < 1.29 is 0 Å². The first-order valence-corrected chi connectivity index (χ1v) is 26.7. The second-order valence-electron chi connectivity index (χ2n) is 21.7. The second-order valence-corrected chi connectivity index (χ2v) is 21.7. The average Bonchev–Trinajstić information content (AvgIpc) is 3.87. The van der Waals surface area contributed by atoms with Crippen molar-refractivity contribution >= 4 is 55.7 Å². The Labute approximate surface area is 446 Å². The van der Waals surface area contributed by atoms with E-state index in [0.29, 0.717) is 0 Å². The first kappa shape index (κ1) is 45.4. The fourth-order valence-corrected chi connectivity index (χ4v) is 12.8. The second kappa shape index (κ2) is 17.7. The molecule has 0 fully saturated rings. The predicted octanol–water partition coefficient (Wildman–Crippen LogP) is 20.5. The van der Waals surface area contributed by atoms with Gasteiger partial charge < -0.3 is 9.80 Å². The van der Waals surface area contributed by atoms with Gasteiger partial charge in [-0.1, -0.05) is 234 Å². The molecule has 2 aliphatic rings. The normalized spacial score (nSPS) is 13.5. The van der Waals surface area contributed by atoms with Crippen molar-refractivity contribution in [3.8, 4) is 55.6 Å². The van der Waals surface area contributed by atoms with Crippen LogP contribution < -0.4 is 9.80 Å². The van der Waals surface area contributed by atoms with Crippen molar-refractivity contribution in [2.75, 3.05) is 9.80 Å². The molecule has 0 unspecified atom stereocenters. The summed E-state index contributed by atoms with van der Waals surface area (Å²) in [6.07, 6.45) is 0. The van der Waals surface area contributed by atoms with Gasteiger partial charge in [-0.3, -0.25) is 0 Å². The molecule has 0 heterocycles. The van der Waals surface area contributed by atoms with E-state index in [1.54, 1.807) is 0 Å². The Bertz CT molecular complexity index is 3900. The summed E-state index contributed by atoms with van der Waals surface area (Å²) in [5.74, 6) is 0. The SMILES string of the molecule is CC1(C)c2ccccc2-c2c1cc(N(c1ccc(-c3ccccc3)cc1)c1ccc(-c3ccc(N(c4ccc(-c5ccccc5)cc4)c4cc5c(c6ccccc46)-c4ccccc4C5(C)C)cc3)cc1)c1ccccc21. The van der Waals surface area contributed by atoms with E-state index in [1.807, 2.05) is 0 Å². The van der Waals surface area contributed by atoms with Gasteiger partial charge in [0.05, 0.1) is 11.4 Å². The first-order chi connectivity index (χ1) is 37.2. The van der Waals surface area contributed by atoms with Crippen LogP contribution in [-0.2, 0) is 10.8 Å². The van der Waals surface area contributed by atoms with Crippen molar-refractivity contribution in [2.24, 2.45) is 0 Å². The van der Waals surface area contributed by atoms with Crippen LogP contribution in [0.2, 0.25) is 0 Å². The topological polar surface area (TPSA) is 6.48 Å². The quantitative estimate of drug-likeness (QED) is 0.142. The summed E-state index contributed by atoms with van der Waals surface area (Å²) in [5, 5.41) is 5.00. The zero-order valence-corrected chi connectivity index (χ0v) is 43.3. The maximum atomic E-state index is 2.47. The van der Waals surface area contributed by atoms with Gasteiger partial charge in [0.25, 0.3) is 0 Å². The zero-order chi connectivity index (χ0) is 51.1. The van der Waals surface area contributed by atoms with Crippen LogP contribution in [0.15, 0.2) is 267 Å². The van der Waals surface area contributed by atoms with Gasteiger partial charge >= 0.3 is 0 Å². The van der Waals surface area contributed by atoms with Gasteiger partial charge in [-0.15, -0.1) is 0 Å². The number of nitrogens with zero attached hydrogens (tertiary/aromatic N) is 2.